The van der Waals surface area contributed by atoms with Gasteiger partial charge >= 0.3 is 0 Å². The Morgan fingerprint density at radius 3 is 2.47 bits per heavy atom. The van der Waals surface area contributed by atoms with Crippen molar-refractivity contribution in [2.24, 2.45) is 11.8 Å². The standard InChI is InChI=1S/C13H20N2O2S2/c1-14-7-9-6-12(18-8-9)19(16,17)15-13(10-2-3-10)11-4-5-11/h6,8,10-11,13-15H,2-5,7H2,1H3. The fourth-order valence-electron chi connectivity index (χ4n) is 2.52. The van der Waals surface area contributed by atoms with E-state index in [2.05, 4.69) is 10.0 Å². The first-order chi connectivity index (χ1) is 9.10. The van der Waals surface area contributed by atoms with Gasteiger partial charge in [0.15, 0.2) is 0 Å². The summed E-state index contributed by atoms with van der Waals surface area (Å²) in [5.41, 5.74) is 1.03. The summed E-state index contributed by atoms with van der Waals surface area (Å²) in [5.74, 6) is 1.16. The van der Waals surface area contributed by atoms with Crippen LogP contribution in [0.5, 0.6) is 0 Å². The van der Waals surface area contributed by atoms with E-state index in [1.54, 1.807) is 6.07 Å². The van der Waals surface area contributed by atoms with Crippen molar-refractivity contribution in [3.63, 3.8) is 0 Å². The number of thiophene rings is 1. The van der Waals surface area contributed by atoms with Gasteiger partial charge < -0.3 is 5.32 Å². The zero-order chi connectivity index (χ0) is 13.5. The normalized spacial score (nSPS) is 20.1. The Morgan fingerprint density at radius 1 is 1.32 bits per heavy atom. The van der Waals surface area contributed by atoms with E-state index >= 15 is 0 Å². The fraction of sp³-hybridized carbons (Fsp3) is 0.692. The van der Waals surface area contributed by atoms with Crippen LogP contribution in [-0.4, -0.2) is 21.5 Å². The molecule has 0 unspecified atom stereocenters. The predicted octanol–water partition coefficient (Wildman–Crippen LogP) is 1.93. The van der Waals surface area contributed by atoms with Crippen LogP contribution in [0.25, 0.3) is 0 Å². The second-order valence-corrected chi connectivity index (χ2v) is 8.48. The Morgan fingerprint density at radius 2 is 1.95 bits per heavy atom. The minimum atomic E-state index is -3.33. The van der Waals surface area contributed by atoms with Gasteiger partial charge in [0, 0.05) is 12.6 Å². The fourth-order valence-corrected chi connectivity index (χ4v) is 5.12. The third-order valence-electron chi connectivity index (χ3n) is 3.83. The minimum Gasteiger partial charge on any atom is -0.316 e. The monoisotopic (exact) mass is 300 g/mol. The second-order valence-electron chi connectivity index (χ2n) is 5.63. The molecule has 0 aliphatic heterocycles. The Labute approximate surface area is 118 Å². The molecule has 6 heteroatoms. The number of nitrogens with one attached hydrogen (secondary N) is 2. The van der Waals surface area contributed by atoms with Gasteiger partial charge in [-0.1, -0.05) is 0 Å². The van der Waals surface area contributed by atoms with Gasteiger partial charge in [-0.05, 0) is 61.6 Å². The van der Waals surface area contributed by atoms with Crippen LogP contribution in [0, 0.1) is 11.8 Å². The van der Waals surface area contributed by atoms with Crippen molar-refractivity contribution in [1.82, 2.24) is 10.0 Å². The maximum Gasteiger partial charge on any atom is 0.250 e. The number of rotatable bonds is 7. The van der Waals surface area contributed by atoms with Gasteiger partial charge in [0.25, 0.3) is 0 Å². The minimum absolute atomic E-state index is 0.180. The number of hydrogen-bond acceptors (Lipinski definition) is 4. The van der Waals surface area contributed by atoms with Crippen LogP contribution >= 0.6 is 11.3 Å². The maximum atomic E-state index is 12.4. The van der Waals surface area contributed by atoms with E-state index < -0.39 is 10.0 Å². The third-order valence-corrected chi connectivity index (χ3v) is 6.77. The van der Waals surface area contributed by atoms with Gasteiger partial charge in [-0.25, -0.2) is 13.1 Å². The van der Waals surface area contributed by atoms with Gasteiger partial charge in [0.2, 0.25) is 10.0 Å². The van der Waals surface area contributed by atoms with Crippen LogP contribution in [-0.2, 0) is 16.6 Å². The summed E-state index contributed by atoms with van der Waals surface area (Å²) in [6.45, 7) is 0.709. The molecule has 2 saturated carbocycles. The molecule has 4 nitrogen and oxygen atoms in total. The first kappa shape index (κ1) is 13.5. The van der Waals surface area contributed by atoms with Gasteiger partial charge in [-0.2, -0.15) is 0 Å². The highest BCUT2D eigenvalue weighted by Gasteiger charge is 2.43. The Bertz CT molecular complexity index is 533. The molecule has 3 rings (SSSR count). The lowest BCUT2D eigenvalue weighted by Gasteiger charge is -2.16. The smallest absolute Gasteiger partial charge is 0.250 e. The summed E-state index contributed by atoms with van der Waals surface area (Å²) in [6, 6.07) is 1.96. The Balaban J connectivity index is 1.73. The van der Waals surface area contributed by atoms with E-state index in [9.17, 15) is 8.42 Å². The summed E-state index contributed by atoms with van der Waals surface area (Å²) in [6.07, 6.45) is 4.72. The first-order valence-corrected chi connectivity index (χ1v) is 9.21. The van der Waals surface area contributed by atoms with Gasteiger partial charge in [-0.3, -0.25) is 0 Å². The SMILES string of the molecule is CNCc1csc(S(=O)(=O)NC(C2CC2)C2CC2)c1. The lowest BCUT2D eigenvalue weighted by molar-refractivity contribution is 0.472. The van der Waals surface area contributed by atoms with E-state index in [0.717, 1.165) is 5.56 Å². The largest absolute Gasteiger partial charge is 0.316 e. The predicted molar refractivity (Wildman–Crippen MR) is 76.6 cm³/mol. The molecule has 1 aromatic heterocycles. The summed E-state index contributed by atoms with van der Waals surface area (Å²) < 4.78 is 28.2. The van der Waals surface area contributed by atoms with E-state index in [4.69, 9.17) is 0 Å². The molecule has 2 N–H and O–H groups in total. The molecular weight excluding hydrogens is 280 g/mol. The zero-order valence-electron chi connectivity index (χ0n) is 11.1. The second kappa shape index (κ2) is 5.16. The van der Waals surface area contributed by atoms with Crippen LogP contribution in [0.4, 0.5) is 0 Å². The molecule has 0 atom stereocenters. The molecule has 0 radical (unpaired) electrons. The van der Waals surface area contributed by atoms with E-state index in [1.165, 1.54) is 37.0 Å². The van der Waals surface area contributed by atoms with Crippen molar-refractivity contribution in [1.29, 1.82) is 0 Å². The summed E-state index contributed by atoms with van der Waals surface area (Å²) in [4.78, 5) is 0. The van der Waals surface area contributed by atoms with Gasteiger partial charge in [-0.15, -0.1) is 11.3 Å². The highest BCUT2D eigenvalue weighted by atomic mass is 32.2. The van der Waals surface area contributed by atoms with Crippen molar-refractivity contribution in [3.8, 4) is 0 Å². The molecule has 0 spiro atoms. The summed E-state index contributed by atoms with van der Waals surface area (Å²) in [7, 11) is -1.46. The molecule has 1 heterocycles. The maximum absolute atomic E-state index is 12.4. The molecule has 0 saturated heterocycles. The molecule has 0 amide bonds. The zero-order valence-corrected chi connectivity index (χ0v) is 12.7. The average molecular weight is 300 g/mol. The molecular formula is C13H20N2O2S2. The summed E-state index contributed by atoms with van der Waals surface area (Å²) >= 11 is 1.31. The molecule has 19 heavy (non-hydrogen) atoms. The first-order valence-electron chi connectivity index (χ1n) is 6.84. The van der Waals surface area contributed by atoms with Crippen molar-refractivity contribution in [3.05, 3.63) is 17.0 Å². The Kier molecular flexibility index (Phi) is 3.68. The lowest BCUT2D eigenvalue weighted by Crippen LogP contribution is -2.37. The molecule has 2 fully saturated rings. The van der Waals surface area contributed by atoms with Gasteiger partial charge in [0.1, 0.15) is 4.21 Å². The van der Waals surface area contributed by atoms with Crippen LogP contribution < -0.4 is 10.0 Å². The van der Waals surface area contributed by atoms with E-state index in [1.807, 2.05) is 12.4 Å². The van der Waals surface area contributed by atoms with Crippen molar-refractivity contribution >= 4 is 21.4 Å². The van der Waals surface area contributed by atoms with E-state index in [-0.39, 0.29) is 6.04 Å². The highest BCUT2D eigenvalue weighted by Crippen LogP contribution is 2.45. The van der Waals surface area contributed by atoms with Crippen LogP contribution in [0.15, 0.2) is 15.7 Å². The Hall–Kier alpha value is -0.430. The van der Waals surface area contributed by atoms with Gasteiger partial charge in [0.05, 0.1) is 0 Å². The topological polar surface area (TPSA) is 58.2 Å². The molecule has 0 aromatic carbocycles. The third kappa shape index (κ3) is 3.18. The molecule has 2 aliphatic rings. The summed E-state index contributed by atoms with van der Waals surface area (Å²) in [5, 5.41) is 4.95. The molecule has 0 bridgehead atoms. The highest BCUT2D eigenvalue weighted by molar-refractivity contribution is 7.91. The van der Waals surface area contributed by atoms with Crippen LogP contribution in [0.3, 0.4) is 0 Å². The quantitative estimate of drug-likeness (QED) is 0.809. The van der Waals surface area contributed by atoms with Crippen molar-refractivity contribution in [2.75, 3.05) is 7.05 Å². The van der Waals surface area contributed by atoms with Crippen molar-refractivity contribution in [2.45, 2.75) is 42.5 Å². The number of sulfonamides is 1. The van der Waals surface area contributed by atoms with E-state index in [0.29, 0.717) is 22.6 Å². The lowest BCUT2D eigenvalue weighted by atomic mass is 10.1. The van der Waals surface area contributed by atoms with Crippen LogP contribution in [0.2, 0.25) is 0 Å². The van der Waals surface area contributed by atoms with Crippen molar-refractivity contribution < 1.29 is 8.42 Å². The molecule has 1 aromatic rings. The molecule has 2 aliphatic carbocycles. The molecule has 106 valence electrons. The number of hydrogen-bond donors (Lipinski definition) is 2. The van der Waals surface area contributed by atoms with Crippen LogP contribution in [0.1, 0.15) is 31.2 Å². The average Bonchev–Trinajstić information content (AvgIpc) is 3.27.